The van der Waals surface area contributed by atoms with Gasteiger partial charge in [0.1, 0.15) is 5.82 Å². The molecule has 1 amide bonds. The van der Waals surface area contributed by atoms with E-state index in [-0.39, 0.29) is 11.7 Å². The van der Waals surface area contributed by atoms with Gasteiger partial charge in [-0.2, -0.15) is 0 Å². The average molecular weight is 408 g/mol. The average Bonchev–Trinajstić information content (AvgIpc) is 2.67. The number of pyridine rings is 1. The molecule has 0 spiro atoms. The molecule has 0 saturated carbocycles. The molecule has 2 aromatic rings. The third kappa shape index (κ3) is 3.83. The highest BCUT2D eigenvalue weighted by molar-refractivity contribution is 6.30. The fourth-order valence-corrected chi connectivity index (χ4v) is 4.19. The summed E-state index contributed by atoms with van der Waals surface area (Å²) in [6.07, 6.45) is 3.78. The summed E-state index contributed by atoms with van der Waals surface area (Å²) in [6.45, 7) is 3.82. The van der Waals surface area contributed by atoms with E-state index >= 15 is 0 Å². The maximum absolute atomic E-state index is 13.3. The summed E-state index contributed by atoms with van der Waals surface area (Å²) in [4.78, 5) is 30.4. The molecule has 4 rings (SSSR count). The molecule has 1 atom stereocenters. The minimum absolute atomic E-state index is 0.0881. The number of allylic oxidation sites excluding steroid dienone is 3. The molecule has 148 valence electrons. The number of nitrogens with zero attached hydrogens (tertiary/aromatic N) is 1. The summed E-state index contributed by atoms with van der Waals surface area (Å²) < 4.78 is 0. The van der Waals surface area contributed by atoms with Crippen LogP contribution in [0.1, 0.15) is 43.2 Å². The molecular weight excluding hydrogens is 386 g/mol. The normalized spacial score (nSPS) is 19.0. The van der Waals surface area contributed by atoms with Crippen LogP contribution in [0.2, 0.25) is 5.02 Å². The third-order valence-electron chi connectivity index (χ3n) is 5.38. The van der Waals surface area contributed by atoms with Gasteiger partial charge in [-0.15, -0.1) is 0 Å². The van der Waals surface area contributed by atoms with E-state index in [1.807, 2.05) is 38.1 Å². The quantitative estimate of drug-likeness (QED) is 0.776. The van der Waals surface area contributed by atoms with Crippen molar-refractivity contribution in [3.05, 3.63) is 81.3 Å². The Morgan fingerprint density at radius 3 is 2.66 bits per heavy atom. The van der Waals surface area contributed by atoms with Crippen molar-refractivity contribution in [1.82, 2.24) is 10.3 Å². The number of hydrogen-bond acceptors (Lipinski definition) is 4. The van der Waals surface area contributed by atoms with Gasteiger partial charge in [-0.1, -0.05) is 23.7 Å². The minimum atomic E-state index is -0.430. The zero-order valence-corrected chi connectivity index (χ0v) is 17.1. The van der Waals surface area contributed by atoms with Crippen molar-refractivity contribution < 1.29 is 9.59 Å². The van der Waals surface area contributed by atoms with Crippen molar-refractivity contribution in [3.63, 3.8) is 0 Å². The molecule has 0 radical (unpaired) electrons. The Hall–Kier alpha value is -2.92. The van der Waals surface area contributed by atoms with Gasteiger partial charge in [0.15, 0.2) is 5.78 Å². The van der Waals surface area contributed by atoms with Gasteiger partial charge in [-0.25, -0.2) is 4.98 Å². The number of nitrogens with one attached hydrogen (secondary N) is 2. The highest BCUT2D eigenvalue weighted by Gasteiger charge is 2.38. The SMILES string of the molecule is CC1=C(C(=O)Nc2cc(C)ccn2)[C@H](c2ccc(Cl)cc2)C2=C(CCCC2=O)N1. The number of ketones is 1. The van der Waals surface area contributed by atoms with Gasteiger partial charge in [-0.3, -0.25) is 9.59 Å². The van der Waals surface area contributed by atoms with Crippen molar-refractivity contribution in [2.75, 3.05) is 5.32 Å². The van der Waals surface area contributed by atoms with Crippen molar-refractivity contribution in [2.24, 2.45) is 0 Å². The molecule has 29 heavy (non-hydrogen) atoms. The molecule has 0 bridgehead atoms. The topological polar surface area (TPSA) is 71.1 Å². The lowest BCUT2D eigenvalue weighted by atomic mass is 9.75. The first kappa shape index (κ1) is 19.4. The Balaban J connectivity index is 1.78. The van der Waals surface area contributed by atoms with Gasteiger partial charge >= 0.3 is 0 Å². The maximum Gasteiger partial charge on any atom is 0.255 e. The lowest BCUT2D eigenvalue weighted by molar-refractivity contribution is -0.116. The smallest absolute Gasteiger partial charge is 0.255 e. The number of dihydropyridines is 1. The zero-order chi connectivity index (χ0) is 20.5. The molecule has 0 fully saturated rings. The van der Waals surface area contributed by atoms with Crippen LogP contribution in [-0.4, -0.2) is 16.7 Å². The Morgan fingerprint density at radius 2 is 1.93 bits per heavy atom. The summed E-state index contributed by atoms with van der Waals surface area (Å²) in [5.41, 5.74) is 4.77. The molecule has 5 nitrogen and oxygen atoms in total. The molecule has 1 aromatic carbocycles. The number of aryl methyl sites for hydroxylation is 1. The van der Waals surface area contributed by atoms with Crippen molar-refractivity contribution in [3.8, 4) is 0 Å². The predicted molar refractivity (Wildman–Crippen MR) is 114 cm³/mol. The van der Waals surface area contributed by atoms with Crippen molar-refractivity contribution in [1.29, 1.82) is 0 Å². The fraction of sp³-hybridized carbons (Fsp3) is 0.261. The van der Waals surface area contributed by atoms with Gasteiger partial charge in [0.05, 0.1) is 0 Å². The Morgan fingerprint density at radius 1 is 1.17 bits per heavy atom. The minimum Gasteiger partial charge on any atom is -0.362 e. The van der Waals surface area contributed by atoms with Crippen LogP contribution >= 0.6 is 11.6 Å². The molecule has 2 heterocycles. The van der Waals surface area contributed by atoms with E-state index in [0.717, 1.165) is 35.4 Å². The second-order valence-electron chi connectivity index (χ2n) is 7.49. The second-order valence-corrected chi connectivity index (χ2v) is 7.93. The monoisotopic (exact) mass is 407 g/mol. The maximum atomic E-state index is 13.3. The first-order valence-corrected chi connectivity index (χ1v) is 10.1. The number of carbonyl (C=O) groups excluding carboxylic acids is 2. The van der Waals surface area contributed by atoms with E-state index in [4.69, 9.17) is 11.6 Å². The van der Waals surface area contributed by atoms with E-state index in [2.05, 4.69) is 15.6 Å². The van der Waals surface area contributed by atoms with Gasteiger partial charge in [0, 0.05) is 46.1 Å². The number of halogens is 1. The Kier molecular flexibility index (Phi) is 5.24. The number of anilines is 1. The molecule has 2 aliphatic rings. The third-order valence-corrected chi connectivity index (χ3v) is 5.63. The summed E-state index contributed by atoms with van der Waals surface area (Å²) in [5, 5.41) is 6.83. The number of Topliss-reactive ketones (excluding diaryl/α,β-unsaturated/α-hetero) is 1. The van der Waals surface area contributed by atoms with E-state index in [9.17, 15) is 9.59 Å². The number of amides is 1. The van der Waals surface area contributed by atoms with Crippen LogP contribution in [0.5, 0.6) is 0 Å². The number of benzene rings is 1. The second kappa shape index (κ2) is 7.84. The molecule has 2 N–H and O–H groups in total. The van der Waals surface area contributed by atoms with Gasteiger partial charge in [-0.05, 0) is 62.1 Å². The van der Waals surface area contributed by atoms with Gasteiger partial charge in [0.25, 0.3) is 5.91 Å². The fourth-order valence-electron chi connectivity index (χ4n) is 4.06. The Labute approximate surface area is 174 Å². The number of rotatable bonds is 3. The number of aromatic nitrogens is 1. The lowest BCUT2D eigenvalue weighted by Crippen LogP contribution is -2.35. The molecule has 1 aliphatic carbocycles. The van der Waals surface area contributed by atoms with Crippen LogP contribution < -0.4 is 10.6 Å². The summed E-state index contributed by atoms with van der Waals surface area (Å²) in [7, 11) is 0. The van der Waals surface area contributed by atoms with Crippen LogP contribution in [-0.2, 0) is 9.59 Å². The van der Waals surface area contributed by atoms with Crippen LogP contribution in [0.4, 0.5) is 5.82 Å². The molecular formula is C23H22ClN3O2. The first-order chi connectivity index (χ1) is 13.9. The van der Waals surface area contributed by atoms with Crippen LogP contribution in [0, 0.1) is 6.92 Å². The van der Waals surface area contributed by atoms with E-state index < -0.39 is 5.92 Å². The molecule has 6 heteroatoms. The van der Waals surface area contributed by atoms with E-state index in [1.165, 1.54) is 0 Å². The zero-order valence-electron chi connectivity index (χ0n) is 16.4. The van der Waals surface area contributed by atoms with E-state index in [1.54, 1.807) is 18.3 Å². The van der Waals surface area contributed by atoms with Crippen molar-refractivity contribution >= 4 is 29.1 Å². The summed E-state index contributed by atoms with van der Waals surface area (Å²) >= 11 is 6.08. The van der Waals surface area contributed by atoms with Crippen LogP contribution in [0.25, 0.3) is 0 Å². The Bertz CT molecular complexity index is 1050. The van der Waals surface area contributed by atoms with E-state index in [0.29, 0.717) is 28.4 Å². The van der Waals surface area contributed by atoms with Crippen molar-refractivity contribution in [2.45, 2.75) is 39.0 Å². The molecule has 0 saturated heterocycles. The lowest BCUT2D eigenvalue weighted by Gasteiger charge is -2.34. The van der Waals surface area contributed by atoms with Crippen LogP contribution in [0.15, 0.2) is 65.1 Å². The van der Waals surface area contributed by atoms with Gasteiger partial charge in [0.2, 0.25) is 0 Å². The predicted octanol–water partition coefficient (Wildman–Crippen LogP) is 4.65. The summed E-state index contributed by atoms with van der Waals surface area (Å²) in [6, 6.07) is 11.0. The molecule has 0 unspecified atom stereocenters. The first-order valence-electron chi connectivity index (χ1n) is 9.67. The standard InChI is InChI=1S/C23H22ClN3O2/c1-13-10-11-25-19(12-13)27-23(29)20-14(2)26-17-4-3-5-18(28)22(17)21(20)15-6-8-16(24)9-7-15/h6-12,21,26H,3-5H2,1-2H3,(H,25,27,29)/t21-/m0/s1. The summed E-state index contributed by atoms with van der Waals surface area (Å²) in [5.74, 6) is -0.121. The number of hydrogen-bond donors (Lipinski definition) is 2. The van der Waals surface area contributed by atoms with Gasteiger partial charge < -0.3 is 10.6 Å². The van der Waals surface area contributed by atoms with Crippen LogP contribution in [0.3, 0.4) is 0 Å². The largest absolute Gasteiger partial charge is 0.362 e. The molecule has 1 aromatic heterocycles. The highest BCUT2D eigenvalue weighted by atomic mass is 35.5. The number of carbonyl (C=O) groups is 2. The molecule has 1 aliphatic heterocycles. The highest BCUT2D eigenvalue weighted by Crippen LogP contribution is 2.42.